The Bertz CT molecular complexity index is 327. The molecule has 0 fully saturated rings. The number of ether oxygens (including phenoxy) is 2. The smallest absolute Gasteiger partial charge is 0.407 e. The molecule has 19 heavy (non-hydrogen) atoms. The van der Waals surface area contributed by atoms with Gasteiger partial charge in [-0.25, -0.2) is 9.59 Å². The predicted octanol–water partition coefficient (Wildman–Crippen LogP) is 1.60. The molecule has 0 unspecified atom stereocenters. The normalized spacial score (nSPS) is 15.4. The minimum absolute atomic E-state index is 0.638. The Kier molecular flexibility index (Phi) is 5.81. The summed E-state index contributed by atoms with van der Waals surface area (Å²) in [5, 5.41) is 12.1. The molecule has 0 aromatic heterocycles. The van der Waals surface area contributed by atoms with Gasteiger partial charge in [0.05, 0.1) is 6.04 Å². The molecule has 2 N–H and O–H groups in total. The summed E-state index contributed by atoms with van der Waals surface area (Å²) in [5.41, 5.74) is -1.33. The molecule has 0 aromatic carbocycles. The van der Waals surface area contributed by atoms with Crippen LogP contribution in [0.4, 0.5) is 4.79 Å². The van der Waals surface area contributed by atoms with E-state index in [9.17, 15) is 14.7 Å². The number of amides is 1. The number of aliphatic hydroxyl groups excluding tert-OH is 1. The molecule has 0 aliphatic rings. The molecule has 0 aliphatic carbocycles. The summed E-state index contributed by atoms with van der Waals surface area (Å²) in [6.07, 6.45) is -2.13. The number of hydrogen-bond donors (Lipinski definition) is 2. The van der Waals surface area contributed by atoms with E-state index in [0.29, 0.717) is 0 Å². The van der Waals surface area contributed by atoms with Crippen molar-refractivity contribution in [3.05, 3.63) is 0 Å². The predicted molar refractivity (Wildman–Crippen MR) is 70.7 cm³/mol. The average molecular weight is 275 g/mol. The minimum atomic E-state index is -1.44. The quantitative estimate of drug-likeness (QED) is 0.764. The Labute approximate surface area is 114 Å². The van der Waals surface area contributed by atoms with Gasteiger partial charge < -0.3 is 19.9 Å². The summed E-state index contributed by atoms with van der Waals surface area (Å²) in [4.78, 5) is 23.1. The molecule has 0 heterocycles. The van der Waals surface area contributed by atoms with Gasteiger partial charge in [0, 0.05) is 0 Å². The first-order chi connectivity index (χ1) is 8.32. The lowest BCUT2D eigenvalue weighted by atomic mass is 10.1. The highest BCUT2D eigenvalue weighted by atomic mass is 16.6. The molecule has 6 heteroatoms. The van der Waals surface area contributed by atoms with Crippen LogP contribution in [0.25, 0.3) is 0 Å². The zero-order valence-electron chi connectivity index (χ0n) is 12.7. The van der Waals surface area contributed by atoms with Crippen molar-refractivity contribution >= 4 is 12.1 Å². The van der Waals surface area contributed by atoms with Crippen LogP contribution in [0.5, 0.6) is 0 Å². The molecule has 0 saturated heterocycles. The molecule has 0 aromatic rings. The number of carbonyl (C=O) groups is 2. The molecule has 2 atom stereocenters. The number of esters is 1. The van der Waals surface area contributed by atoms with E-state index in [1.165, 1.54) is 6.92 Å². The van der Waals surface area contributed by atoms with Gasteiger partial charge in [-0.15, -0.1) is 0 Å². The lowest BCUT2D eigenvalue weighted by molar-refractivity contribution is -0.166. The van der Waals surface area contributed by atoms with Gasteiger partial charge in [-0.3, -0.25) is 0 Å². The maximum atomic E-state index is 11.6. The second kappa shape index (κ2) is 6.23. The van der Waals surface area contributed by atoms with Crippen LogP contribution < -0.4 is 5.32 Å². The molecule has 0 spiro atoms. The Hall–Kier alpha value is -1.30. The summed E-state index contributed by atoms with van der Waals surface area (Å²) in [6.45, 7) is 11.8. The van der Waals surface area contributed by atoms with Crippen LogP contribution >= 0.6 is 0 Å². The van der Waals surface area contributed by atoms with Crippen LogP contribution in [0.3, 0.4) is 0 Å². The third-order valence-corrected chi connectivity index (χ3v) is 1.87. The number of alkyl carbamates (subject to hydrolysis) is 1. The standard InChI is InChI=1S/C13H25NO5/c1-8(14-11(17)19-13(5,6)7)9(15)10(16)18-12(2,3)4/h8-9,15H,1-7H3,(H,14,17)/t8-,9+/m1/s1. The lowest BCUT2D eigenvalue weighted by Crippen LogP contribution is -2.48. The van der Waals surface area contributed by atoms with Gasteiger partial charge in [0.15, 0.2) is 6.10 Å². The first-order valence-corrected chi connectivity index (χ1v) is 6.22. The molecule has 0 radical (unpaired) electrons. The second-order valence-corrected chi connectivity index (χ2v) is 6.41. The summed E-state index contributed by atoms with van der Waals surface area (Å²) < 4.78 is 10.0. The summed E-state index contributed by atoms with van der Waals surface area (Å²) in [5.74, 6) is -0.781. The minimum Gasteiger partial charge on any atom is -0.458 e. The number of hydrogen-bond acceptors (Lipinski definition) is 5. The van der Waals surface area contributed by atoms with Gasteiger partial charge in [-0.05, 0) is 48.5 Å². The fourth-order valence-corrected chi connectivity index (χ4v) is 1.14. The second-order valence-electron chi connectivity index (χ2n) is 6.41. The summed E-state index contributed by atoms with van der Waals surface area (Å²) >= 11 is 0. The van der Waals surface area contributed by atoms with E-state index in [4.69, 9.17) is 9.47 Å². The van der Waals surface area contributed by atoms with Crippen molar-refractivity contribution in [1.29, 1.82) is 0 Å². The third-order valence-electron chi connectivity index (χ3n) is 1.87. The summed E-state index contributed by atoms with van der Waals surface area (Å²) in [6, 6.07) is -0.801. The van der Waals surface area contributed by atoms with Crippen molar-refractivity contribution in [2.45, 2.75) is 71.8 Å². The van der Waals surface area contributed by atoms with Crippen LogP contribution in [0.1, 0.15) is 48.5 Å². The van der Waals surface area contributed by atoms with Crippen molar-refractivity contribution in [3.8, 4) is 0 Å². The Morgan fingerprint density at radius 1 is 1.00 bits per heavy atom. The van der Waals surface area contributed by atoms with Crippen LogP contribution in [-0.4, -0.2) is 40.5 Å². The highest BCUT2D eigenvalue weighted by Crippen LogP contribution is 2.11. The Balaban J connectivity index is 4.38. The van der Waals surface area contributed by atoms with E-state index in [1.54, 1.807) is 41.5 Å². The zero-order chi connectivity index (χ0) is 15.4. The topological polar surface area (TPSA) is 84.9 Å². The fourth-order valence-electron chi connectivity index (χ4n) is 1.14. The Morgan fingerprint density at radius 2 is 1.42 bits per heavy atom. The molecule has 0 bridgehead atoms. The van der Waals surface area contributed by atoms with Crippen molar-refractivity contribution in [3.63, 3.8) is 0 Å². The van der Waals surface area contributed by atoms with Crippen LogP contribution in [0.2, 0.25) is 0 Å². The molecule has 0 saturated carbocycles. The van der Waals surface area contributed by atoms with E-state index < -0.39 is 35.4 Å². The van der Waals surface area contributed by atoms with Gasteiger partial charge in [0.2, 0.25) is 0 Å². The number of carbonyl (C=O) groups excluding carboxylic acids is 2. The molecule has 112 valence electrons. The van der Waals surface area contributed by atoms with Crippen LogP contribution in [0.15, 0.2) is 0 Å². The van der Waals surface area contributed by atoms with Crippen LogP contribution in [0, 0.1) is 0 Å². The van der Waals surface area contributed by atoms with E-state index in [-0.39, 0.29) is 0 Å². The van der Waals surface area contributed by atoms with Gasteiger partial charge in [0.1, 0.15) is 11.2 Å². The highest BCUT2D eigenvalue weighted by Gasteiger charge is 2.29. The number of rotatable bonds is 3. The maximum Gasteiger partial charge on any atom is 0.407 e. The molecule has 6 nitrogen and oxygen atoms in total. The van der Waals surface area contributed by atoms with Gasteiger partial charge in [-0.2, -0.15) is 0 Å². The van der Waals surface area contributed by atoms with Gasteiger partial charge in [0.25, 0.3) is 0 Å². The average Bonchev–Trinajstić information content (AvgIpc) is 2.10. The third kappa shape index (κ3) is 8.42. The fraction of sp³-hybridized carbons (Fsp3) is 0.846. The molecular weight excluding hydrogens is 250 g/mol. The Morgan fingerprint density at radius 3 is 1.79 bits per heavy atom. The molecular formula is C13H25NO5. The molecule has 0 aliphatic heterocycles. The molecule has 0 rings (SSSR count). The van der Waals surface area contributed by atoms with E-state index in [0.717, 1.165) is 0 Å². The summed E-state index contributed by atoms with van der Waals surface area (Å²) in [7, 11) is 0. The molecule has 1 amide bonds. The van der Waals surface area contributed by atoms with E-state index in [1.807, 2.05) is 0 Å². The lowest BCUT2D eigenvalue weighted by Gasteiger charge is -2.26. The van der Waals surface area contributed by atoms with Crippen LogP contribution in [-0.2, 0) is 14.3 Å². The highest BCUT2D eigenvalue weighted by molar-refractivity contribution is 5.77. The number of aliphatic hydroxyl groups is 1. The van der Waals surface area contributed by atoms with Gasteiger partial charge in [-0.1, -0.05) is 0 Å². The van der Waals surface area contributed by atoms with E-state index >= 15 is 0 Å². The maximum absolute atomic E-state index is 11.6. The van der Waals surface area contributed by atoms with Crippen molar-refractivity contribution in [2.75, 3.05) is 0 Å². The largest absolute Gasteiger partial charge is 0.458 e. The van der Waals surface area contributed by atoms with Crippen molar-refractivity contribution < 1.29 is 24.2 Å². The monoisotopic (exact) mass is 275 g/mol. The van der Waals surface area contributed by atoms with E-state index in [2.05, 4.69) is 5.32 Å². The first kappa shape index (κ1) is 17.7. The zero-order valence-corrected chi connectivity index (χ0v) is 12.7. The number of nitrogens with one attached hydrogen (secondary N) is 1. The first-order valence-electron chi connectivity index (χ1n) is 6.22. The van der Waals surface area contributed by atoms with Gasteiger partial charge >= 0.3 is 12.1 Å². The van der Waals surface area contributed by atoms with Crippen molar-refractivity contribution in [1.82, 2.24) is 5.32 Å². The SMILES string of the molecule is C[C@@H](NC(=O)OC(C)(C)C)[C@H](O)C(=O)OC(C)(C)C. The van der Waals surface area contributed by atoms with Crippen molar-refractivity contribution in [2.24, 2.45) is 0 Å².